The first-order chi connectivity index (χ1) is 15.5. The fraction of sp³-hybridized carbons (Fsp3) is 0.478. The molecule has 1 aliphatic heterocycles. The van der Waals surface area contributed by atoms with Crippen LogP contribution in [0.1, 0.15) is 43.1 Å². The standard InChI is InChI=1S/C23H27ClN6O2/c1-15-14-26-11-12-30(15)22-10-9-21(28-29-22)23(31)27-16-3-5-17(6-4-16)32-18-7-8-20(25-2)19(24)13-18/h7-10,13,15-17,26H,3-6,11-12,14H2,1H3,(H,27,31)/t15-,16?,17?/m1/s1. The molecule has 1 aromatic heterocycles. The van der Waals surface area contributed by atoms with Gasteiger partial charge in [0.25, 0.3) is 5.91 Å². The Bertz CT molecular complexity index is 985. The van der Waals surface area contributed by atoms with Gasteiger partial charge in [0.05, 0.1) is 17.7 Å². The van der Waals surface area contributed by atoms with E-state index in [4.69, 9.17) is 22.9 Å². The average molecular weight is 455 g/mol. The van der Waals surface area contributed by atoms with Crippen LogP contribution in [-0.4, -0.2) is 53.9 Å². The Balaban J connectivity index is 1.26. The first-order valence-corrected chi connectivity index (χ1v) is 11.4. The number of amides is 1. The van der Waals surface area contributed by atoms with E-state index in [-0.39, 0.29) is 18.1 Å². The average Bonchev–Trinajstić information content (AvgIpc) is 2.81. The van der Waals surface area contributed by atoms with Gasteiger partial charge in [0, 0.05) is 31.7 Å². The fourth-order valence-corrected chi connectivity index (χ4v) is 4.42. The highest BCUT2D eigenvalue weighted by molar-refractivity contribution is 6.33. The van der Waals surface area contributed by atoms with Crippen molar-refractivity contribution in [3.8, 4) is 5.75 Å². The zero-order valence-electron chi connectivity index (χ0n) is 18.1. The molecule has 168 valence electrons. The van der Waals surface area contributed by atoms with Crippen molar-refractivity contribution in [2.24, 2.45) is 0 Å². The number of hydrogen-bond donors (Lipinski definition) is 2. The molecule has 8 nitrogen and oxygen atoms in total. The van der Waals surface area contributed by atoms with Gasteiger partial charge < -0.3 is 20.3 Å². The molecule has 0 spiro atoms. The summed E-state index contributed by atoms with van der Waals surface area (Å²) in [5.41, 5.74) is 0.758. The van der Waals surface area contributed by atoms with E-state index < -0.39 is 0 Å². The second-order valence-electron chi connectivity index (χ2n) is 8.31. The lowest BCUT2D eigenvalue weighted by molar-refractivity contribution is 0.0888. The van der Waals surface area contributed by atoms with E-state index in [9.17, 15) is 4.79 Å². The normalized spacial score (nSPS) is 23.3. The van der Waals surface area contributed by atoms with Crippen molar-refractivity contribution in [2.45, 2.75) is 50.8 Å². The fourth-order valence-electron chi connectivity index (χ4n) is 4.21. The molecule has 2 fully saturated rings. The van der Waals surface area contributed by atoms with Crippen LogP contribution >= 0.6 is 11.6 Å². The Morgan fingerprint density at radius 2 is 2.06 bits per heavy atom. The molecule has 1 saturated heterocycles. The van der Waals surface area contributed by atoms with E-state index >= 15 is 0 Å². The van der Waals surface area contributed by atoms with Gasteiger partial charge in [-0.1, -0.05) is 17.7 Å². The van der Waals surface area contributed by atoms with Crippen LogP contribution in [-0.2, 0) is 0 Å². The number of hydrogen-bond acceptors (Lipinski definition) is 6. The zero-order valence-corrected chi connectivity index (χ0v) is 18.8. The van der Waals surface area contributed by atoms with Gasteiger partial charge in [0.15, 0.2) is 11.5 Å². The molecule has 1 aromatic carbocycles. The monoisotopic (exact) mass is 454 g/mol. The second kappa shape index (κ2) is 10.2. The van der Waals surface area contributed by atoms with Crippen LogP contribution in [0.2, 0.25) is 5.02 Å². The molecule has 2 heterocycles. The Kier molecular flexibility index (Phi) is 7.08. The molecule has 0 bridgehead atoms. The summed E-state index contributed by atoms with van der Waals surface area (Å²) >= 11 is 6.09. The maximum absolute atomic E-state index is 12.6. The van der Waals surface area contributed by atoms with E-state index in [0.717, 1.165) is 51.1 Å². The number of aromatic nitrogens is 2. The van der Waals surface area contributed by atoms with Gasteiger partial charge >= 0.3 is 0 Å². The Hall–Kier alpha value is -2.89. The molecule has 1 amide bonds. The topological polar surface area (TPSA) is 83.7 Å². The minimum absolute atomic E-state index is 0.0677. The Morgan fingerprint density at radius 1 is 1.25 bits per heavy atom. The Labute approximate surface area is 193 Å². The van der Waals surface area contributed by atoms with Crippen LogP contribution < -0.4 is 20.3 Å². The van der Waals surface area contributed by atoms with Gasteiger partial charge in [-0.3, -0.25) is 4.79 Å². The van der Waals surface area contributed by atoms with Crippen LogP contribution in [0.3, 0.4) is 0 Å². The largest absolute Gasteiger partial charge is 0.490 e. The molecule has 1 atom stereocenters. The summed E-state index contributed by atoms with van der Waals surface area (Å²) in [6.07, 6.45) is 3.39. The molecule has 32 heavy (non-hydrogen) atoms. The number of piperazine rings is 1. The number of rotatable bonds is 5. The Morgan fingerprint density at radius 3 is 2.72 bits per heavy atom. The number of ether oxygens (including phenoxy) is 1. The van der Waals surface area contributed by atoms with Crippen molar-refractivity contribution in [1.29, 1.82) is 0 Å². The molecule has 0 radical (unpaired) electrons. The van der Waals surface area contributed by atoms with Gasteiger partial charge in [-0.2, -0.15) is 0 Å². The predicted octanol–water partition coefficient (Wildman–Crippen LogP) is 3.60. The molecule has 1 aliphatic carbocycles. The number of anilines is 1. The maximum Gasteiger partial charge on any atom is 0.272 e. The van der Waals surface area contributed by atoms with Crippen molar-refractivity contribution in [3.05, 3.63) is 52.5 Å². The molecule has 0 unspecified atom stereocenters. The van der Waals surface area contributed by atoms with Crippen molar-refractivity contribution >= 4 is 29.0 Å². The molecular formula is C23H27ClN6O2. The molecule has 9 heteroatoms. The van der Waals surface area contributed by atoms with Gasteiger partial charge in [-0.25, -0.2) is 4.85 Å². The molecule has 2 N–H and O–H groups in total. The summed E-state index contributed by atoms with van der Waals surface area (Å²) in [6.45, 7) is 11.9. The smallest absolute Gasteiger partial charge is 0.272 e. The van der Waals surface area contributed by atoms with Gasteiger partial charge in [-0.05, 0) is 56.9 Å². The van der Waals surface area contributed by atoms with Crippen molar-refractivity contribution < 1.29 is 9.53 Å². The van der Waals surface area contributed by atoms with Crippen LogP contribution in [0.5, 0.6) is 5.75 Å². The van der Waals surface area contributed by atoms with Gasteiger partial charge in [-0.15, -0.1) is 10.2 Å². The summed E-state index contributed by atoms with van der Waals surface area (Å²) < 4.78 is 6.02. The lowest BCUT2D eigenvalue weighted by atomic mass is 9.93. The molecular weight excluding hydrogens is 428 g/mol. The molecule has 2 aromatic rings. The van der Waals surface area contributed by atoms with Crippen molar-refractivity contribution in [2.75, 3.05) is 24.5 Å². The van der Waals surface area contributed by atoms with Crippen LogP contribution in [0, 0.1) is 6.57 Å². The second-order valence-corrected chi connectivity index (χ2v) is 8.72. The third-order valence-corrected chi connectivity index (χ3v) is 6.33. The summed E-state index contributed by atoms with van der Waals surface area (Å²) in [7, 11) is 0. The van der Waals surface area contributed by atoms with Crippen molar-refractivity contribution in [1.82, 2.24) is 20.8 Å². The SMILES string of the molecule is [C-]#[N+]c1ccc(OC2CCC(NC(=O)c3ccc(N4CCNC[C@H]4C)nn3)CC2)cc1Cl. The number of carbonyl (C=O) groups excluding carboxylic acids is 1. The first kappa shape index (κ1) is 22.3. The molecule has 1 saturated carbocycles. The minimum Gasteiger partial charge on any atom is -0.490 e. The lowest BCUT2D eigenvalue weighted by Gasteiger charge is -2.34. The van der Waals surface area contributed by atoms with Crippen LogP contribution in [0.15, 0.2) is 30.3 Å². The number of nitrogens with one attached hydrogen (secondary N) is 2. The number of benzene rings is 1. The van der Waals surface area contributed by atoms with Gasteiger partial charge in [0.1, 0.15) is 5.75 Å². The summed E-state index contributed by atoms with van der Waals surface area (Å²) in [5.74, 6) is 1.28. The van der Waals surface area contributed by atoms with E-state index in [0.29, 0.717) is 28.2 Å². The molecule has 2 aliphatic rings. The zero-order chi connectivity index (χ0) is 22.5. The van der Waals surface area contributed by atoms with E-state index in [1.54, 1.807) is 24.3 Å². The first-order valence-electron chi connectivity index (χ1n) is 11.0. The van der Waals surface area contributed by atoms with E-state index in [2.05, 4.69) is 37.5 Å². The lowest BCUT2D eigenvalue weighted by Crippen LogP contribution is -2.50. The highest BCUT2D eigenvalue weighted by atomic mass is 35.5. The highest BCUT2D eigenvalue weighted by Gasteiger charge is 2.25. The quantitative estimate of drug-likeness (QED) is 0.671. The third kappa shape index (κ3) is 5.29. The highest BCUT2D eigenvalue weighted by Crippen LogP contribution is 2.31. The summed E-state index contributed by atoms with van der Waals surface area (Å²) in [5, 5.41) is 15.3. The third-order valence-electron chi connectivity index (χ3n) is 6.03. The number of halogens is 1. The van der Waals surface area contributed by atoms with Crippen LogP contribution in [0.4, 0.5) is 11.5 Å². The number of carbonyl (C=O) groups is 1. The van der Waals surface area contributed by atoms with Crippen LogP contribution in [0.25, 0.3) is 4.85 Å². The predicted molar refractivity (Wildman–Crippen MR) is 124 cm³/mol. The maximum atomic E-state index is 12.6. The summed E-state index contributed by atoms with van der Waals surface area (Å²) in [6, 6.07) is 9.19. The van der Waals surface area contributed by atoms with E-state index in [1.165, 1.54) is 0 Å². The van der Waals surface area contributed by atoms with Gasteiger partial charge in [0.2, 0.25) is 5.69 Å². The minimum atomic E-state index is -0.191. The van der Waals surface area contributed by atoms with Crippen molar-refractivity contribution in [3.63, 3.8) is 0 Å². The molecule has 4 rings (SSSR count). The van der Waals surface area contributed by atoms with E-state index in [1.807, 2.05) is 6.07 Å². The summed E-state index contributed by atoms with van der Waals surface area (Å²) in [4.78, 5) is 18.2. The number of nitrogens with zero attached hydrogens (tertiary/aromatic N) is 4.